The molecule has 7 heteroatoms. The predicted molar refractivity (Wildman–Crippen MR) is 116 cm³/mol. The average Bonchev–Trinajstić information content (AvgIpc) is 2.89. The molecule has 0 spiro atoms. The number of nitrogens with zero attached hydrogens (tertiary/aromatic N) is 3. The lowest BCUT2D eigenvalue weighted by molar-refractivity contribution is 0.297. The van der Waals surface area contributed by atoms with Gasteiger partial charge in [-0.2, -0.15) is 0 Å². The van der Waals surface area contributed by atoms with Gasteiger partial charge in [-0.1, -0.05) is 12.1 Å². The van der Waals surface area contributed by atoms with Gasteiger partial charge < -0.3 is 24.7 Å². The molecule has 0 amide bonds. The fraction of sp³-hybridized carbons (Fsp3) is 0.364. The highest BCUT2D eigenvalue weighted by molar-refractivity contribution is 5.93. The summed E-state index contributed by atoms with van der Waals surface area (Å²) in [6, 6.07) is 14.1. The van der Waals surface area contributed by atoms with Crippen molar-refractivity contribution in [2.24, 2.45) is 4.99 Å². The smallest absolute Gasteiger partial charge is 0.195 e. The standard InChI is InChI=1S/C22H27N5O2/c1-16-25-18-7-3-4-8-19(18)27(16)12-5-11-24-22(23-2)26-17-9-10-20-21(15-17)29-14-6-13-28-20/h3-4,7-10,15H,5-6,11-14H2,1-2H3,(H2,23,24,26). The van der Waals surface area contributed by atoms with Crippen LogP contribution in [0, 0.1) is 6.92 Å². The van der Waals surface area contributed by atoms with Gasteiger partial charge >= 0.3 is 0 Å². The van der Waals surface area contributed by atoms with Crippen LogP contribution in [0.1, 0.15) is 18.7 Å². The fourth-order valence-electron chi connectivity index (χ4n) is 3.48. The minimum atomic E-state index is 0.672. The summed E-state index contributed by atoms with van der Waals surface area (Å²) in [5.74, 6) is 3.33. The maximum absolute atomic E-state index is 5.76. The van der Waals surface area contributed by atoms with Gasteiger partial charge in [0.25, 0.3) is 0 Å². The number of aryl methyl sites for hydroxylation is 2. The number of aliphatic imine (C=N–C) groups is 1. The Morgan fingerprint density at radius 2 is 1.97 bits per heavy atom. The highest BCUT2D eigenvalue weighted by Gasteiger charge is 2.11. The Hall–Kier alpha value is -3.22. The molecule has 0 fully saturated rings. The summed E-state index contributed by atoms with van der Waals surface area (Å²) in [6.45, 7) is 5.12. The predicted octanol–water partition coefficient (Wildman–Crippen LogP) is 3.58. The normalized spacial score (nSPS) is 13.9. The Balaban J connectivity index is 1.32. The van der Waals surface area contributed by atoms with Gasteiger partial charge in [0.1, 0.15) is 5.82 Å². The number of para-hydroxylation sites is 2. The van der Waals surface area contributed by atoms with E-state index in [-0.39, 0.29) is 0 Å². The molecule has 0 radical (unpaired) electrons. The SMILES string of the molecule is CN=C(NCCCn1c(C)nc2ccccc21)Nc1ccc2c(c1)OCCCO2. The number of guanidine groups is 1. The lowest BCUT2D eigenvalue weighted by Crippen LogP contribution is -2.31. The first-order chi connectivity index (χ1) is 14.2. The molecule has 3 aromatic rings. The third kappa shape index (κ3) is 4.45. The summed E-state index contributed by atoms with van der Waals surface area (Å²) < 4.78 is 13.7. The van der Waals surface area contributed by atoms with Crippen molar-refractivity contribution in [1.82, 2.24) is 14.9 Å². The summed E-state index contributed by atoms with van der Waals surface area (Å²) in [6.07, 6.45) is 1.86. The minimum Gasteiger partial charge on any atom is -0.490 e. The number of aromatic nitrogens is 2. The first-order valence-corrected chi connectivity index (χ1v) is 10.0. The molecule has 2 aromatic carbocycles. The van der Waals surface area contributed by atoms with E-state index in [0.717, 1.165) is 60.4 Å². The van der Waals surface area contributed by atoms with Gasteiger partial charge in [0.2, 0.25) is 0 Å². The second kappa shape index (κ2) is 8.86. The maximum Gasteiger partial charge on any atom is 0.195 e. The second-order valence-corrected chi connectivity index (χ2v) is 6.99. The fourth-order valence-corrected chi connectivity index (χ4v) is 3.48. The van der Waals surface area contributed by atoms with Crippen molar-refractivity contribution in [1.29, 1.82) is 0 Å². The topological polar surface area (TPSA) is 72.7 Å². The molecule has 29 heavy (non-hydrogen) atoms. The lowest BCUT2D eigenvalue weighted by atomic mass is 10.2. The molecule has 1 aromatic heterocycles. The summed E-state index contributed by atoms with van der Waals surface area (Å²) in [4.78, 5) is 8.94. The quantitative estimate of drug-likeness (QED) is 0.394. The van der Waals surface area contributed by atoms with Gasteiger partial charge in [0.15, 0.2) is 17.5 Å². The number of fused-ring (bicyclic) bond motifs is 2. The van der Waals surface area contributed by atoms with Crippen LogP contribution >= 0.6 is 0 Å². The van der Waals surface area contributed by atoms with E-state index in [1.54, 1.807) is 7.05 Å². The summed E-state index contributed by atoms with van der Waals surface area (Å²) in [5.41, 5.74) is 3.14. The molecule has 1 aliphatic rings. The van der Waals surface area contributed by atoms with Crippen LogP contribution in [0.4, 0.5) is 5.69 Å². The first-order valence-electron chi connectivity index (χ1n) is 10.0. The van der Waals surface area contributed by atoms with E-state index < -0.39 is 0 Å². The molecule has 0 unspecified atom stereocenters. The summed E-state index contributed by atoms with van der Waals surface area (Å²) in [7, 11) is 1.77. The van der Waals surface area contributed by atoms with Gasteiger partial charge in [-0.25, -0.2) is 4.98 Å². The van der Waals surface area contributed by atoms with Crippen molar-refractivity contribution in [3.8, 4) is 11.5 Å². The largest absolute Gasteiger partial charge is 0.490 e. The number of nitrogens with one attached hydrogen (secondary N) is 2. The van der Waals surface area contributed by atoms with E-state index >= 15 is 0 Å². The number of anilines is 1. The van der Waals surface area contributed by atoms with Gasteiger partial charge in [-0.3, -0.25) is 4.99 Å². The molecular weight excluding hydrogens is 366 g/mol. The van der Waals surface area contributed by atoms with Crippen LogP contribution in [0.3, 0.4) is 0 Å². The zero-order chi connectivity index (χ0) is 20.1. The highest BCUT2D eigenvalue weighted by atomic mass is 16.5. The van der Waals surface area contributed by atoms with E-state index in [1.807, 2.05) is 24.3 Å². The van der Waals surface area contributed by atoms with Crippen molar-refractivity contribution < 1.29 is 9.47 Å². The van der Waals surface area contributed by atoms with E-state index in [0.29, 0.717) is 13.2 Å². The molecule has 7 nitrogen and oxygen atoms in total. The molecule has 2 heterocycles. The van der Waals surface area contributed by atoms with Gasteiger partial charge in [0, 0.05) is 38.3 Å². The third-order valence-corrected chi connectivity index (χ3v) is 4.93. The summed E-state index contributed by atoms with van der Waals surface area (Å²) >= 11 is 0. The molecule has 2 N–H and O–H groups in total. The van der Waals surface area contributed by atoms with Crippen LogP contribution in [-0.2, 0) is 6.54 Å². The van der Waals surface area contributed by atoms with Gasteiger partial charge in [0.05, 0.1) is 24.2 Å². The molecular formula is C22H27N5O2. The Kier molecular flexibility index (Phi) is 5.84. The Bertz CT molecular complexity index is 1010. The van der Waals surface area contributed by atoms with Crippen molar-refractivity contribution >= 4 is 22.7 Å². The van der Waals surface area contributed by atoms with E-state index in [4.69, 9.17) is 9.47 Å². The van der Waals surface area contributed by atoms with Gasteiger partial charge in [-0.05, 0) is 37.6 Å². The van der Waals surface area contributed by atoms with Crippen molar-refractivity contribution in [3.05, 3.63) is 48.3 Å². The average molecular weight is 393 g/mol. The molecule has 4 rings (SSSR count). The van der Waals surface area contributed by atoms with E-state index in [9.17, 15) is 0 Å². The number of hydrogen-bond acceptors (Lipinski definition) is 4. The van der Waals surface area contributed by atoms with Crippen LogP contribution in [-0.4, -0.2) is 42.3 Å². The van der Waals surface area contributed by atoms with Crippen molar-refractivity contribution in [3.63, 3.8) is 0 Å². The zero-order valence-corrected chi connectivity index (χ0v) is 16.9. The Labute approximate surface area is 170 Å². The number of rotatable bonds is 5. The van der Waals surface area contributed by atoms with Crippen LogP contribution in [0.15, 0.2) is 47.5 Å². The molecule has 0 saturated heterocycles. The number of benzene rings is 2. The van der Waals surface area contributed by atoms with Crippen LogP contribution < -0.4 is 20.1 Å². The lowest BCUT2D eigenvalue weighted by Gasteiger charge is -2.14. The third-order valence-electron chi connectivity index (χ3n) is 4.93. The van der Waals surface area contributed by atoms with E-state index in [1.165, 1.54) is 5.52 Å². The van der Waals surface area contributed by atoms with Crippen LogP contribution in [0.5, 0.6) is 11.5 Å². The molecule has 0 atom stereocenters. The molecule has 0 bridgehead atoms. The number of imidazole rings is 1. The molecule has 1 aliphatic heterocycles. The monoisotopic (exact) mass is 393 g/mol. The van der Waals surface area contributed by atoms with Crippen LogP contribution in [0.25, 0.3) is 11.0 Å². The molecule has 152 valence electrons. The van der Waals surface area contributed by atoms with Gasteiger partial charge in [-0.15, -0.1) is 0 Å². The van der Waals surface area contributed by atoms with E-state index in [2.05, 4.69) is 50.3 Å². The number of hydrogen-bond donors (Lipinski definition) is 2. The van der Waals surface area contributed by atoms with Crippen molar-refractivity contribution in [2.45, 2.75) is 26.3 Å². The Morgan fingerprint density at radius 1 is 1.14 bits per heavy atom. The number of ether oxygens (including phenoxy) is 2. The first kappa shape index (κ1) is 19.1. The second-order valence-electron chi connectivity index (χ2n) is 6.99. The van der Waals surface area contributed by atoms with Crippen LogP contribution in [0.2, 0.25) is 0 Å². The minimum absolute atomic E-state index is 0.672. The Morgan fingerprint density at radius 3 is 2.83 bits per heavy atom. The maximum atomic E-state index is 5.76. The zero-order valence-electron chi connectivity index (χ0n) is 16.9. The van der Waals surface area contributed by atoms with Crippen molar-refractivity contribution in [2.75, 3.05) is 32.1 Å². The molecule has 0 saturated carbocycles. The summed E-state index contributed by atoms with van der Waals surface area (Å²) in [5, 5.41) is 6.69. The molecule has 0 aliphatic carbocycles. The highest BCUT2D eigenvalue weighted by Crippen LogP contribution is 2.32.